The lowest BCUT2D eigenvalue weighted by atomic mass is 9.62. The first-order valence-electron chi connectivity index (χ1n) is 13.3. The van der Waals surface area contributed by atoms with Crippen LogP contribution in [0.1, 0.15) is 50.2 Å². The van der Waals surface area contributed by atoms with Gasteiger partial charge in [-0.15, -0.1) is 0 Å². The Hall–Kier alpha value is -4.14. The number of esters is 2. The Kier molecular flexibility index (Phi) is 8.92. The molecule has 40 heavy (non-hydrogen) atoms. The summed E-state index contributed by atoms with van der Waals surface area (Å²) < 4.78 is 27.5. The van der Waals surface area contributed by atoms with E-state index in [4.69, 9.17) is 28.7 Å². The van der Waals surface area contributed by atoms with Crippen LogP contribution in [0.4, 0.5) is 0 Å². The second kappa shape index (κ2) is 12.4. The summed E-state index contributed by atoms with van der Waals surface area (Å²) in [5.74, 6) is -3.48. The molecule has 0 amide bonds. The number of carbonyl (C=O) groups is 3. The van der Waals surface area contributed by atoms with Crippen LogP contribution in [0.5, 0.6) is 17.2 Å². The van der Waals surface area contributed by atoms with Crippen molar-refractivity contribution in [3.63, 3.8) is 0 Å². The van der Waals surface area contributed by atoms with Gasteiger partial charge in [0.25, 0.3) is 0 Å². The first-order valence-corrected chi connectivity index (χ1v) is 13.3. The molecule has 9 heteroatoms. The number of nitrogens with zero attached hydrogens (tertiary/aromatic N) is 1. The van der Waals surface area contributed by atoms with Crippen molar-refractivity contribution < 1.29 is 38.1 Å². The summed E-state index contributed by atoms with van der Waals surface area (Å²) >= 11 is 0. The van der Waals surface area contributed by atoms with Gasteiger partial charge in [-0.05, 0) is 51.0 Å². The van der Waals surface area contributed by atoms with Gasteiger partial charge in [0.15, 0.2) is 17.3 Å². The van der Waals surface area contributed by atoms with Crippen LogP contribution < -0.4 is 14.2 Å². The highest BCUT2D eigenvalue weighted by molar-refractivity contribution is 6.18. The molecule has 0 saturated heterocycles. The minimum absolute atomic E-state index is 0.124. The van der Waals surface area contributed by atoms with E-state index in [1.807, 2.05) is 18.2 Å². The van der Waals surface area contributed by atoms with Crippen molar-refractivity contribution in [2.75, 3.05) is 34.5 Å². The third-order valence-electron chi connectivity index (χ3n) is 7.48. The van der Waals surface area contributed by atoms with E-state index in [2.05, 4.69) is 0 Å². The number of fused-ring (bicyclic) bond motifs is 1. The number of benzene rings is 2. The highest BCUT2D eigenvalue weighted by Crippen LogP contribution is 2.51. The minimum atomic E-state index is -1.11. The zero-order valence-corrected chi connectivity index (χ0v) is 23.7. The predicted octanol–water partition coefficient (Wildman–Crippen LogP) is 4.64. The Morgan fingerprint density at radius 3 is 2.30 bits per heavy atom. The second-order valence-electron chi connectivity index (χ2n) is 9.58. The largest absolute Gasteiger partial charge is 0.497 e. The van der Waals surface area contributed by atoms with Crippen LogP contribution in [0.15, 0.2) is 58.7 Å². The molecule has 2 aromatic carbocycles. The number of ketones is 1. The molecule has 2 aliphatic rings. The molecule has 0 N–H and O–H groups in total. The molecule has 0 radical (unpaired) electrons. The Morgan fingerprint density at radius 1 is 0.925 bits per heavy atom. The van der Waals surface area contributed by atoms with E-state index in [1.165, 1.54) is 14.2 Å². The number of methoxy groups -OCH3 is 3. The molecule has 212 valence electrons. The Bertz CT molecular complexity index is 1360. The van der Waals surface area contributed by atoms with Crippen LogP contribution in [-0.4, -0.2) is 58.0 Å². The van der Waals surface area contributed by atoms with Crippen molar-refractivity contribution in [2.45, 2.75) is 39.0 Å². The molecule has 4 rings (SSSR count). The van der Waals surface area contributed by atoms with E-state index in [0.29, 0.717) is 40.6 Å². The number of Topliss-reactive ketones (excluding diaryl/α,β-unsaturated/α-hetero) is 1. The van der Waals surface area contributed by atoms with Gasteiger partial charge in [-0.2, -0.15) is 0 Å². The molecule has 0 aromatic heterocycles. The lowest BCUT2D eigenvalue weighted by Crippen LogP contribution is -2.48. The molecular weight excluding hydrogens is 514 g/mol. The fourth-order valence-electron chi connectivity index (χ4n) is 5.84. The molecule has 1 saturated carbocycles. The average molecular weight is 550 g/mol. The number of allylic oxidation sites excluding steroid dienone is 1. The zero-order valence-electron chi connectivity index (χ0n) is 23.7. The van der Waals surface area contributed by atoms with Gasteiger partial charge < -0.3 is 23.7 Å². The van der Waals surface area contributed by atoms with E-state index in [1.54, 1.807) is 52.1 Å². The molecule has 4 atom stereocenters. The first kappa shape index (κ1) is 28.9. The van der Waals surface area contributed by atoms with Gasteiger partial charge in [-0.1, -0.05) is 24.3 Å². The Labute approximate surface area is 234 Å². The van der Waals surface area contributed by atoms with Gasteiger partial charge in [-0.25, -0.2) is 4.79 Å². The smallest absolute Gasteiger partial charge is 0.336 e. The fourth-order valence-corrected chi connectivity index (χ4v) is 5.84. The highest BCUT2D eigenvalue weighted by atomic mass is 16.5. The maximum Gasteiger partial charge on any atom is 0.336 e. The van der Waals surface area contributed by atoms with Gasteiger partial charge in [0.05, 0.1) is 46.0 Å². The number of hydrogen-bond donors (Lipinski definition) is 0. The van der Waals surface area contributed by atoms with Gasteiger partial charge in [0, 0.05) is 28.8 Å². The number of aliphatic imine (C=N–C) groups is 1. The van der Waals surface area contributed by atoms with Crippen LogP contribution in [-0.2, 0) is 23.9 Å². The van der Waals surface area contributed by atoms with Crippen molar-refractivity contribution in [2.24, 2.45) is 16.8 Å². The molecule has 1 unspecified atom stereocenters. The van der Waals surface area contributed by atoms with Crippen LogP contribution in [0.3, 0.4) is 0 Å². The van der Waals surface area contributed by atoms with E-state index in [-0.39, 0.29) is 24.6 Å². The molecule has 1 heterocycles. The zero-order chi connectivity index (χ0) is 29.0. The molecular formula is C31H35NO8. The maximum atomic E-state index is 14.5. The standard InChI is InChI=1S/C31H35NO8/c1-7-39-30(34)24-17(3)32-22-16-21(18-11-9-12-19(15-18)36-4)26(31(35)40-8-2)28(33)27(22)25(24)20-13-10-14-23(37-5)29(20)38-6/h9-15,21,25-27H,7-8,16H2,1-6H3/t21-,25-,26+,27?/m1/s1. The lowest BCUT2D eigenvalue weighted by molar-refractivity contribution is -0.153. The minimum Gasteiger partial charge on any atom is -0.497 e. The summed E-state index contributed by atoms with van der Waals surface area (Å²) in [7, 11) is 4.58. The highest BCUT2D eigenvalue weighted by Gasteiger charge is 2.53. The Morgan fingerprint density at radius 2 is 1.65 bits per heavy atom. The van der Waals surface area contributed by atoms with Gasteiger partial charge in [0.2, 0.25) is 0 Å². The molecule has 1 aliphatic heterocycles. The summed E-state index contributed by atoms with van der Waals surface area (Å²) in [4.78, 5) is 46.1. The van der Waals surface area contributed by atoms with Crippen LogP contribution in [0, 0.1) is 11.8 Å². The maximum absolute atomic E-state index is 14.5. The Balaban J connectivity index is 1.95. The number of carbonyl (C=O) groups excluding carboxylic acids is 3. The van der Waals surface area contributed by atoms with E-state index < -0.39 is 35.6 Å². The van der Waals surface area contributed by atoms with Crippen LogP contribution >= 0.6 is 0 Å². The molecule has 9 nitrogen and oxygen atoms in total. The van der Waals surface area contributed by atoms with Crippen molar-refractivity contribution >= 4 is 23.4 Å². The lowest BCUT2D eigenvalue weighted by Gasteiger charge is -2.41. The number of ether oxygens (including phenoxy) is 5. The van der Waals surface area contributed by atoms with E-state index >= 15 is 0 Å². The van der Waals surface area contributed by atoms with Gasteiger partial charge >= 0.3 is 11.9 Å². The third-order valence-corrected chi connectivity index (χ3v) is 7.48. The second-order valence-corrected chi connectivity index (χ2v) is 9.58. The van der Waals surface area contributed by atoms with Crippen molar-refractivity contribution in [1.82, 2.24) is 0 Å². The number of hydrogen-bond acceptors (Lipinski definition) is 9. The summed E-state index contributed by atoms with van der Waals surface area (Å²) in [6.45, 7) is 5.43. The topological polar surface area (TPSA) is 110 Å². The third kappa shape index (κ3) is 5.20. The van der Waals surface area contributed by atoms with Crippen LogP contribution in [0.25, 0.3) is 0 Å². The predicted molar refractivity (Wildman–Crippen MR) is 148 cm³/mol. The number of para-hydroxylation sites is 1. The molecule has 1 fully saturated rings. The van der Waals surface area contributed by atoms with E-state index in [0.717, 1.165) is 5.56 Å². The summed E-state index contributed by atoms with van der Waals surface area (Å²) in [5, 5.41) is 0. The quantitative estimate of drug-likeness (QED) is 0.329. The normalized spacial score (nSPS) is 22.1. The average Bonchev–Trinajstić information content (AvgIpc) is 2.95. The number of rotatable bonds is 9. The molecule has 0 bridgehead atoms. The first-order chi connectivity index (χ1) is 19.3. The van der Waals surface area contributed by atoms with Crippen molar-refractivity contribution in [1.29, 1.82) is 0 Å². The van der Waals surface area contributed by atoms with Crippen LogP contribution in [0.2, 0.25) is 0 Å². The summed E-state index contributed by atoms with van der Waals surface area (Å²) in [6.07, 6.45) is 0.309. The monoisotopic (exact) mass is 549 g/mol. The van der Waals surface area contributed by atoms with E-state index in [9.17, 15) is 14.4 Å². The molecule has 2 aromatic rings. The summed E-state index contributed by atoms with van der Waals surface area (Å²) in [6, 6.07) is 12.6. The molecule has 0 spiro atoms. The molecule has 1 aliphatic carbocycles. The van der Waals surface area contributed by atoms with Gasteiger partial charge in [0.1, 0.15) is 11.7 Å². The SMILES string of the molecule is CCOC(=O)C1=C(C)N=C2C[C@H](c3cccc(OC)c3)[C@H](C(=O)OCC)C(=O)C2[C@@H]1c1cccc(OC)c1OC. The fraction of sp³-hybridized carbons (Fsp3) is 0.419. The summed E-state index contributed by atoms with van der Waals surface area (Å²) in [5.41, 5.74) is 2.61. The van der Waals surface area contributed by atoms with Gasteiger partial charge in [-0.3, -0.25) is 14.6 Å². The van der Waals surface area contributed by atoms with Crippen molar-refractivity contribution in [3.05, 3.63) is 64.9 Å². The van der Waals surface area contributed by atoms with Crippen molar-refractivity contribution in [3.8, 4) is 17.2 Å².